The van der Waals surface area contributed by atoms with Crippen molar-refractivity contribution >= 4 is 22.4 Å². The summed E-state index contributed by atoms with van der Waals surface area (Å²) in [5, 5.41) is 9.47. The number of hydrogen-bond acceptors (Lipinski definition) is 7. The third-order valence-electron chi connectivity index (χ3n) is 4.86. The van der Waals surface area contributed by atoms with Crippen molar-refractivity contribution in [3.05, 3.63) is 23.7 Å². The van der Waals surface area contributed by atoms with Crippen molar-refractivity contribution in [3.63, 3.8) is 0 Å². The molecule has 0 unspecified atom stereocenters. The largest absolute Gasteiger partial charge is 0.379 e. The summed E-state index contributed by atoms with van der Waals surface area (Å²) in [7, 11) is 0. The second-order valence-corrected chi connectivity index (χ2v) is 7.29. The van der Waals surface area contributed by atoms with Crippen LogP contribution in [0.2, 0.25) is 0 Å². The molecule has 2 aromatic heterocycles. The number of hydrogen-bond donors (Lipinski definition) is 1. The molecule has 128 valence electrons. The van der Waals surface area contributed by atoms with Crippen LogP contribution in [-0.2, 0) is 4.74 Å². The summed E-state index contributed by atoms with van der Waals surface area (Å²) in [6.07, 6.45) is 5.06. The van der Waals surface area contributed by atoms with Gasteiger partial charge in [-0.25, -0.2) is 9.97 Å². The van der Waals surface area contributed by atoms with Gasteiger partial charge < -0.3 is 14.5 Å². The minimum absolute atomic E-state index is 0.0753. The van der Waals surface area contributed by atoms with Gasteiger partial charge in [-0.2, -0.15) is 5.10 Å². The number of amides is 1. The van der Waals surface area contributed by atoms with Crippen LogP contribution in [0, 0.1) is 5.41 Å². The van der Waals surface area contributed by atoms with Crippen molar-refractivity contribution < 1.29 is 9.53 Å². The molecule has 24 heavy (non-hydrogen) atoms. The van der Waals surface area contributed by atoms with Crippen molar-refractivity contribution in [2.45, 2.75) is 12.8 Å². The maximum atomic E-state index is 12.4. The Hall–Kier alpha value is -2.00. The summed E-state index contributed by atoms with van der Waals surface area (Å²) < 4.78 is 5.89. The van der Waals surface area contributed by atoms with E-state index in [4.69, 9.17) is 4.74 Å². The van der Waals surface area contributed by atoms with Crippen LogP contribution < -0.4 is 4.90 Å². The SMILES string of the molecule is O=C(c1ncn[nH]1)N1CCC2(CC1)COCCN(c1nccs1)C2. The third kappa shape index (κ3) is 3.01. The predicted octanol–water partition coefficient (Wildman–Crippen LogP) is 1.02. The van der Waals surface area contributed by atoms with Crippen LogP contribution >= 0.6 is 11.3 Å². The summed E-state index contributed by atoms with van der Waals surface area (Å²) in [5.74, 6) is 0.237. The topological polar surface area (TPSA) is 87.2 Å². The lowest BCUT2D eigenvalue weighted by Crippen LogP contribution is -2.49. The van der Waals surface area contributed by atoms with E-state index in [1.54, 1.807) is 11.3 Å². The van der Waals surface area contributed by atoms with Gasteiger partial charge in [0.2, 0.25) is 5.82 Å². The van der Waals surface area contributed by atoms with Crippen LogP contribution in [0.25, 0.3) is 0 Å². The molecule has 9 heteroatoms. The lowest BCUT2D eigenvalue weighted by atomic mass is 9.78. The van der Waals surface area contributed by atoms with Gasteiger partial charge in [-0.3, -0.25) is 9.89 Å². The van der Waals surface area contributed by atoms with Crippen LogP contribution in [0.1, 0.15) is 23.5 Å². The minimum Gasteiger partial charge on any atom is -0.379 e. The number of likely N-dealkylation sites (tertiary alicyclic amines) is 1. The maximum absolute atomic E-state index is 12.4. The highest BCUT2D eigenvalue weighted by molar-refractivity contribution is 7.13. The number of carbonyl (C=O) groups is 1. The molecule has 2 aromatic rings. The third-order valence-corrected chi connectivity index (χ3v) is 5.69. The highest BCUT2D eigenvalue weighted by Crippen LogP contribution is 2.36. The molecule has 2 aliphatic rings. The molecule has 2 fully saturated rings. The number of piperidine rings is 1. The fraction of sp³-hybridized carbons (Fsp3) is 0.600. The van der Waals surface area contributed by atoms with E-state index in [0.717, 1.165) is 44.3 Å². The fourth-order valence-electron chi connectivity index (χ4n) is 3.47. The second-order valence-electron chi connectivity index (χ2n) is 6.42. The maximum Gasteiger partial charge on any atom is 0.291 e. The molecule has 2 aliphatic heterocycles. The number of thiazole rings is 1. The first-order chi connectivity index (χ1) is 11.8. The Bertz CT molecular complexity index is 666. The first kappa shape index (κ1) is 15.5. The average molecular weight is 348 g/mol. The summed E-state index contributed by atoms with van der Waals surface area (Å²) in [6, 6.07) is 0. The predicted molar refractivity (Wildman–Crippen MR) is 89.1 cm³/mol. The summed E-state index contributed by atoms with van der Waals surface area (Å²) in [4.78, 5) is 25.0. The van der Waals surface area contributed by atoms with Gasteiger partial charge in [-0.1, -0.05) is 0 Å². The number of aromatic nitrogens is 4. The van der Waals surface area contributed by atoms with Crippen LogP contribution in [0.3, 0.4) is 0 Å². The van der Waals surface area contributed by atoms with Crippen LogP contribution in [0.4, 0.5) is 5.13 Å². The van der Waals surface area contributed by atoms with Gasteiger partial charge in [0.25, 0.3) is 5.91 Å². The smallest absolute Gasteiger partial charge is 0.291 e. The zero-order valence-corrected chi connectivity index (χ0v) is 14.2. The van der Waals surface area contributed by atoms with Gasteiger partial charge in [-0.15, -0.1) is 11.3 Å². The first-order valence-electron chi connectivity index (χ1n) is 8.13. The van der Waals surface area contributed by atoms with Crippen molar-refractivity contribution in [2.24, 2.45) is 5.41 Å². The second kappa shape index (κ2) is 6.48. The zero-order valence-electron chi connectivity index (χ0n) is 13.3. The minimum atomic E-state index is -0.0753. The molecule has 4 heterocycles. The highest BCUT2D eigenvalue weighted by atomic mass is 32.1. The first-order valence-corrected chi connectivity index (χ1v) is 9.01. The highest BCUT2D eigenvalue weighted by Gasteiger charge is 2.40. The Labute approximate surface area is 143 Å². The van der Waals surface area contributed by atoms with Crippen molar-refractivity contribution in [2.75, 3.05) is 44.3 Å². The number of aromatic amines is 1. The summed E-state index contributed by atoms with van der Waals surface area (Å²) in [6.45, 7) is 4.71. The molecule has 0 atom stereocenters. The van der Waals surface area contributed by atoms with Gasteiger partial charge in [-0.05, 0) is 12.8 Å². The van der Waals surface area contributed by atoms with Gasteiger partial charge in [0.15, 0.2) is 5.13 Å². The fourth-order valence-corrected chi connectivity index (χ4v) is 4.14. The molecule has 0 bridgehead atoms. The molecular weight excluding hydrogens is 328 g/mol. The Balaban J connectivity index is 1.44. The molecule has 1 N–H and O–H groups in total. The zero-order chi connectivity index (χ0) is 16.4. The van der Waals surface area contributed by atoms with E-state index >= 15 is 0 Å². The lowest BCUT2D eigenvalue weighted by molar-refractivity contribution is 0.0203. The molecule has 0 radical (unpaired) electrons. The quantitative estimate of drug-likeness (QED) is 0.872. The molecule has 2 saturated heterocycles. The van der Waals surface area contributed by atoms with Crippen LogP contribution in [0.15, 0.2) is 17.9 Å². The van der Waals surface area contributed by atoms with Crippen molar-refractivity contribution in [1.82, 2.24) is 25.1 Å². The Morgan fingerprint density at radius 2 is 2.17 bits per heavy atom. The average Bonchev–Trinajstić information content (AvgIpc) is 3.29. The van der Waals surface area contributed by atoms with Crippen LogP contribution in [0.5, 0.6) is 0 Å². The summed E-state index contributed by atoms with van der Waals surface area (Å²) >= 11 is 1.67. The van der Waals surface area contributed by atoms with E-state index in [9.17, 15) is 4.79 Å². The van der Waals surface area contributed by atoms with E-state index in [1.807, 2.05) is 16.5 Å². The van der Waals surface area contributed by atoms with E-state index < -0.39 is 0 Å². The molecule has 0 aromatic carbocycles. The molecule has 0 aliphatic carbocycles. The number of nitrogens with zero attached hydrogens (tertiary/aromatic N) is 5. The van der Waals surface area contributed by atoms with Gasteiger partial charge in [0.1, 0.15) is 6.33 Å². The number of anilines is 1. The van der Waals surface area contributed by atoms with Gasteiger partial charge in [0, 0.05) is 43.2 Å². The van der Waals surface area contributed by atoms with E-state index in [1.165, 1.54) is 6.33 Å². The molecular formula is C15H20N6O2S. The molecule has 4 rings (SSSR count). The number of H-pyrrole nitrogens is 1. The Kier molecular flexibility index (Phi) is 4.19. The Morgan fingerprint density at radius 3 is 2.88 bits per heavy atom. The normalized spacial score (nSPS) is 21.0. The number of carbonyl (C=O) groups excluding carboxylic acids is 1. The molecule has 1 spiro atoms. The monoisotopic (exact) mass is 348 g/mol. The van der Waals surface area contributed by atoms with Gasteiger partial charge >= 0.3 is 0 Å². The van der Waals surface area contributed by atoms with E-state index in [0.29, 0.717) is 18.9 Å². The van der Waals surface area contributed by atoms with E-state index in [2.05, 4.69) is 25.1 Å². The van der Waals surface area contributed by atoms with Crippen molar-refractivity contribution in [1.29, 1.82) is 0 Å². The standard InChI is InChI=1S/C15H20N6O2S/c22-13(12-17-11-18-19-12)20-4-1-15(2-5-20)9-21(6-7-23-10-15)14-16-3-8-24-14/h3,8,11H,1-2,4-7,9-10H2,(H,17,18,19). The number of rotatable bonds is 2. The number of ether oxygens (including phenoxy) is 1. The van der Waals surface area contributed by atoms with E-state index in [-0.39, 0.29) is 11.3 Å². The molecule has 1 amide bonds. The lowest BCUT2D eigenvalue weighted by Gasteiger charge is -2.42. The Morgan fingerprint density at radius 1 is 1.29 bits per heavy atom. The van der Waals surface area contributed by atoms with Crippen molar-refractivity contribution in [3.8, 4) is 0 Å². The number of nitrogens with one attached hydrogen (secondary N) is 1. The van der Waals surface area contributed by atoms with Crippen LogP contribution in [-0.4, -0.2) is 70.4 Å². The van der Waals surface area contributed by atoms with Gasteiger partial charge in [0.05, 0.1) is 13.2 Å². The molecule has 0 saturated carbocycles. The molecule has 8 nitrogen and oxygen atoms in total. The summed E-state index contributed by atoms with van der Waals surface area (Å²) in [5.41, 5.74) is 0.0837.